The fourth-order valence-electron chi connectivity index (χ4n) is 2.80. The Balaban J connectivity index is 1.52. The molecule has 0 radical (unpaired) electrons. The van der Waals surface area contributed by atoms with Crippen molar-refractivity contribution in [3.8, 4) is 0 Å². The summed E-state index contributed by atoms with van der Waals surface area (Å²) in [6.45, 7) is 0.843. The highest BCUT2D eigenvalue weighted by atomic mass is 16.1. The van der Waals surface area contributed by atoms with E-state index in [4.69, 9.17) is 0 Å². The first kappa shape index (κ1) is 13.1. The maximum absolute atomic E-state index is 11.8. The summed E-state index contributed by atoms with van der Waals surface area (Å²) in [6, 6.07) is 4.03. The second kappa shape index (κ2) is 6.00. The minimum Gasteiger partial charge on any atom is -0.310 e. The molecule has 1 fully saturated rings. The summed E-state index contributed by atoms with van der Waals surface area (Å²) in [5.74, 6) is 0. The molecular formula is C14H19N5O. The Morgan fingerprint density at radius 2 is 2.20 bits per heavy atom. The number of aromatic nitrogens is 4. The molecule has 3 rings (SSSR count). The Bertz CT molecular complexity index is 584. The van der Waals surface area contributed by atoms with Crippen LogP contribution in [0.1, 0.15) is 37.3 Å². The van der Waals surface area contributed by atoms with Crippen LogP contribution in [-0.4, -0.2) is 26.0 Å². The van der Waals surface area contributed by atoms with E-state index in [1.165, 1.54) is 5.56 Å². The van der Waals surface area contributed by atoms with Gasteiger partial charge in [0.25, 0.3) is 5.56 Å². The van der Waals surface area contributed by atoms with E-state index in [0.717, 1.165) is 32.2 Å². The molecule has 2 N–H and O–H groups in total. The second-order valence-electron chi connectivity index (χ2n) is 5.30. The highest BCUT2D eigenvalue weighted by Crippen LogP contribution is 2.26. The molecule has 0 saturated heterocycles. The first-order valence-corrected chi connectivity index (χ1v) is 7.08. The average Bonchev–Trinajstić information content (AvgIpc) is 3.00. The molecule has 2 aromatic heterocycles. The highest BCUT2D eigenvalue weighted by Gasteiger charge is 2.23. The molecule has 106 valence electrons. The van der Waals surface area contributed by atoms with Crippen molar-refractivity contribution in [2.45, 2.75) is 44.3 Å². The molecule has 2 aromatic rings. The molecule has 0 bridgehead atoms. The molecular weight excluding hydrogens is 254 g/mol. The summed E-state index contributed by atoms with van der Waals surface area (Å²) in [6.07, 6.45) is 9.58. The third-order valence-corrected chi connectivity index (χ3v) is 3.93. The van der Waals surface area contributed by atoms with Gasteiger partial charge in [0, 0.05) is 36.6 Å². The lowest BCUT2D eigenvalue weighted by atomic mass is 9.91. The first-order chi connectivity index (χ1) is 9.83. The van der Waals surface area contributed by atoms with Gasteiger partial charge in [-0.3, -0.25) is 9.89 Å². The zero-order chi connectivity index (χ0) is 13.8. The Morgan fingerprint density at radius 1 is 1.35 bits per heavy atom. The third kappa shape index (κ3) is 2.96. The number of nitrogens with one attached hydrogen (secondary N) is 2. The van der Waals surface area contributed by atoms with Crippen LogP contribution >= 0.6 is 0 Å². The molecule has 0 atom stereocenters. The van der Waals surface area contributed by atoms with Crippen LogP contribution in [0.5, 0.6) is 0 Å². The minimum atomic E-state index is 0.00214. The molecule has 1 saturated carbocycles. The molecule has 0 spiro atoms. The van der Waals surface area contributed by atoms with Crippen LogP contribution in [0, 0.1) is 0 Å². The number of hydrogen-bond acceptors (Lipinski definition) is 4. The van der Waals surface area contributed by atoms with Crippen molar-refractivity contribution in [3.05, 3.63) is 46.6 Å². The average molecular weight is 273 g/mol. The maximum atomic E-state index is 11.8. The van der Waals surface area contributed by atoms with Gasteiger partial charge in [-0.1, -0.05) is 0 Å². The van der Waals surface area contributed by atoms with Crippen molar-refractivity contribution in [2.24, 2.45) is 0 Å². The van der Waals surface area contributed by atoms with Crippen molar-refractivity contribution >= 4 is 0 Å². The molecule has 20 heavy (non-hydrogen) atoms. The quantitative estimate of drug-likeness (QED) is 0.879. The monoisotopic (exact) mass is 273 g/mol. The van der Waals surface area contributed by atoms with E-state index in [0.29, 0.717) is 6.04 Å². The molecule has 6 nitrogen and oxygen atoms in total. The summed E-state index contributed by atoms with van der Waals surface area (Å²) >= 11 is 0. The van der Waals surface area contributed by atoms with Gasteiger partial charge in [0.15, 0.2) is 0 Å². The normalized spacial score (nSPS) is 22.8. The summed E-state index contributed by atoms with van der Waals surface area (Å²) in [5, 5.41) is 14.5. The molecule has 1 aliphatic rings. The van der Waals surface area contributed by atoms with Crippen molar-refractivity contribution < 1.29 is 0 Å². The van der Waals surface area contributed by atoms with Crippen LogP contribution < -0.4 is 10.9 Å². The standard InChI is InChI=1S/C14H19N5O/c20-14-2-1-7-18-19(14)13-5-3-12(4-6-13)15-8-11-9-16-17-10-11/h1-2,7,9-10,12-13,15H,3-6,8H2,(H,16,17). The molecule has 0 aromatic carbocycles. The van der Waals surface area contributed by atoms with Gasteiger partial charge in [-0.05, 0) is 31.7 Å². The van der Waals surface area contributed by atoms with E-state index in [9.17, 15) is 4.79 Å². The van der Waals surface area contributed by atoms with Gasteiger partial charge in [-0.15, -0.1) is 0 Å². The topological polar surface area (TPSA) is 75.6 Å². The number of hydrogen-bond donors (Lipinski definition) is 2. The summed E-state index contributed by atoms with van der Waals surface area (Å²) in [7, 11) is 0. The van der Waals surface area contributed by atoms with Gasteiger partial charge in [-0.2, -0.15) is 10.2 Å². The van der Waals surface area contributed by atoms with Crippen molar-refractivity contribution in [3.63, 3.8) is 0 Å². The summed E-state index contributed by atoms with van der Waals surface area (Å²) < 4.78 is 1.63. The van der Waals surface area contributed by atoms with E-state index >= 15 is 0 Å². The van der Waals surface area contributed by atoms with Gasteiger partial charge in [0.2, 0.25) is 0 Å². The van der Waals surface area contributed by atoms with Gasteiger partial charge in [0.1, 0.15) is 0 Å². The zero-order valence-electron chi connectivity index (χ0n) is 11.3. The van der Waals surface area contributed by atoms with E-state index in [-0.39, 0.29) is 11.6 Å². The van der Waals surface area contributed by atoms with E-state index in [1.807, 2.05) is 12.4 Å². The number of aromatic amines is 1. The first-order valence-electron chi connectivity index (χ1n) is 7.08. The van der Waals surface area contributed by atoms with Crippen LogP contribution in [0.2, 0.25) is 0 Å². The van der Waals surface area contributed by atoms with Gasteiger partial charge >= 0.3 is 0 Å². The largest absolute Gasteiger partial charge is 0.310 e. The van der Waals surface area contributed by atoms with Crippen molar-refractivity contribution in [1.29, 1.82) is 0 Å². The van der Waals surface area contributed by atoms with E-state index in [1.54, 1.807) is 23.0 Å². The fourth-order valence-corrected chi connectivity index (χ4v) is 2.80. The number of H-pyrrole nitrogens is 1. The van der Waals surface area contributed by atoms with E-state index in [2.05, 4.69) is 20.6 Å². The SMILES string of the molecule is O=c1cccnn1C1CCC(NCc2cn[nH]c2)CC1. The lowest BCUT2D eigenvalue weighted by Crippen LogP contribution is -2.36. The Labute approximate surface area is 117 Å². The predicted molar refractivity (Wildman–Crippen MR) is 75.2 cm³/mol. The smallest absolute Gasteiger partial charge is 0.266 e. The zero-order valence-corrected chi connectivity index (χ0v) is 11.3. The highest BCUT2D eigenvalue weighted by molar-refractivity contribution is 5.02. The van der Waals surface area contributed by atoms with Crippen LogP contribution in [0.3, 0.4) is 0 Å². The fraction of sp³-hybridized carbons (Fsp3) is 0.500. The Morgan fingerprint density at radius 3 is 2.90 bits per heavy atom. The van der Waals surface area contributed by atoms with Crippen LogP contribution in [0.15, 0.2) is 35.5 Å². The van der Waals surface area contributed by atoms with Crippen LogP contribution in [0.25, 0.3) is 0 Å². The third-order valence-electron chi connectivity index (χ3n) is 3.93. The molecule has 0 unspecified atom stereocenters. The predicted octanol–water partition coefficient (Wildman–Crippen LogP) is 1.24. The Kier molecular flexibility index (Phi) is 3.92. The van der Waals surface area contributed by atoms with Crippen molar-refractivity contribution in [2.75, 3.05) is 0 Å². The number of nitrogens with zero attached hydrogens (tertiary/aromatic N) is 3. The maximum Gasteiger partial charge on any atom is 0.266 e. The second-order valence-corrected chi connectivity index (χ2v) is 5.30. The molecule has 0 amide bonds. The summed E-state index contributed by atoms with van der Waals surface area (Å²) in [5.41, 5.74) is 1.18. The van der Waals surface area contributed by atoms with Gasteiger partial charge in [-0.25, -0.2) is 4.68 Å². The van der Waals surface area contributed by atoms with Crippen LogP contribution in [0.4, 0.5) is 0 Å². The Hall–Kier alpha value is -1.95. The number of rotatable bonds is 4. The molecule has 0 aliphatic heterocycles. The van der Waals surface area contributed by atoms with Crippen molar-refractivity contribution in [1.82, 2.24) is 25.3 Å². The van der Waals surface area contributed by atoms with Gasteiger partial charge in [0.05, 0.1) is 12.2 Å². The summed E-state index contributed by atoms with van der Waals surface area (Å²) in [4.78, 5) is 11.8. The molecule has 6 heteroatoms. The lowest BCUT2D eigenvalue weighted by Gasteiger charge is -2.29. The molecule has 1 aliphatic carbocycles. The van der Waals surface area contributed by atoms with E-state index < -0.39 is 0 Å². The lowest BCUT2D eigenvalue weighted by molar-refractivity contribution is 0.268. The van der Waals surface area contributed by atoms with Gasteiger partial charge < -0.3 is 5.32 Å². The molecule has 2 heterocycles. The van der Waals surface area contributed by atoms with Crippen LogP contribution in [-0.2, 0) is 6.54 Å². The minimum absolute atomic E-state index is 0.00214.